The molecule has 0 spiro atoms. The van der Waals surface area contributed by atoms with E-state index in [9.17, 15) is 9.59 Å². The first-order valence-electron chi connectivity index (χ1n) is 8.49. The lowest BCUT2D eigenvalue weighted by molar-refractivity contribution is -0.128. The Morgan fingerprint density at radius 3 is 2.71 bits per heavy atom. The van der Waals surface area contributed by atoms with Crippen LogP contribution in [0.2, 0.25) is 5.02 Å². The number of hydrogen-bond acceptors (Lipinski definition) is 6. The van der Waals surface area contributed by atoms with Crippen LogP contribution in [-0.2, 0) is 16.1 Å². The third-order valence-corrected chi connectivity index (χ3v) is 5.66. The first-order chi connectivity index (χ1) is 13.5. The summed E-state index contributed by atoms with van der Waals surface area (Å²) in [5.74, 6) is 0.588. The number of aliphatic imine (C=N–C) groups is 1. The Kier molecular flexibility index (Phi) is 5.15. The number of halogens is 1. The minimum Gasteiger partial charge on any atom is -0.454 e. The number of fused-ring (bicyclic) bond motifs is 1. The van der Waals surface area contributed by atoms with Gasteiger partial charge in [-0.1, -0.05) is 29.4 Å². The second-order valence-electron chi connectivity index (χ2n) is 6.26. The number of thioether (sulfide) groups is 1. The Bertz CT molecular complexity index is 964. The molecule has 2 N–H and O–H groups in total. The van der Waals surface area contributed by atoms with Crippen LogP contribution in [0.1, 0.15) is 12.0 Å². The SMILES string of the molecule is NC(=O)CC1SC(=Nc2ccc(Cl)cc2)N(Cc2ccc3c(c2)OCO3)C1=O. The van der Waals surface area contributed by atoms with Gasteiger partial charge in [-0.05, 0) is 42.0 Å². The van der Waals surface area contributed by atoms with Gasteiger partial charge < -0.3 is 15.2 Å². The van der Waals surface area contributed by atoms with Crippen molar-refractivity contribution in [2.24, 2.45) is 10.7 Å². The average Bonchev–Trinajstić information content (AvgIpc) is 3.23. The molecule has 9 heteroatoms. The molecule has 4 rings (SSSR count). The van der Waals surface area contributed by atoms with E-state index in [1.54, 1.807) is 29.2 Å². The number of carbonyl (C=O) groups excluding carboxylic acids is 2. The fourth-order valence-corrected chi connectivity index (χ4v) is 4.20. The first-order valence-corrected chi connectivity index (χ1v) is 9.74. The molecule has 28 heavy (non-hydrogen) atoms. The highest BCUT2D eigenvalue weighted by molar-refractivity contribution is 8.15. The van der Waals surface area contributed by atoms with Gasteiger partial charge in [0.15, 0.2) is 16.7 Å². The molecular weight excluding hydrogens is 402 g/mol. The van der Waals surface area contributed by atoms with Gasteiger partial charge in [-0.15, -0.1) is 0 Å². The summed E-state index contributed by atoms with van der Waals surface area (Å²) < 4.78 is 10.7. The molecule has 2 amide bonds. The molecule has 2 heterocycles. The number of primary amides is 1. The van der Waals surface area contributed by atoms with Gasteiger partial charge in [0.2, 0.25) is 18.6 Å². The van der Waals surface area contributed by atoms with Crippen molar-refractivity contribution in [3.8, 4) is 11.5 Å². The van der Waals surface area contributed by atoms with Crippen LogP contribution < -0.4 is 15.2 Å². The Balaban J connectivity index is 1.63. The van der Waals surface area contributed by atoms with Gasteiger partial charge in [-0.2, -0.15) is 0 Å². The van der Waals surface area contributed by atoms with Gasteiger partial charge in [0.1, 0.15) is 5.25 Å². The van der Waals surface area contributed by atoms with Crippen LogP contribution in [0.5, 0.6) is 11.5 Å². The third kappa shape index (κ3) is 3.93. The second-order valence-corrected chi connectivity index (χ2v) is 7.87. The van der Waals surface area contributed by atoms with Crippen molar-refractivity contribution in [1.82, 2.24) is 4.90 Å². The zero-order valence-corrected chi connectivity index (χ0v) is 16.2. The first kappa shape index (κ1) is 18.6. The average molecular weight is 418 g/mol. The molecule has 144 valence electrons. The number of rotatable bonds is 5. The van der Waals surface area contributed by atoms with Crippen molar-refractivity contribution in [2.45, 2.75) is 18.2 Å². The van der Waals surface area contributed by atoms with Gasteiger partial charge in [0.05, 0.1) is 12.2 Å². The molecule has 2 aliphatic heterocycles. The van der Waals surface area contributed by atoms with E-state index in [1.807, 2.05) is 18.2 Å². The van der Waals surface area contributed by atoms with Crippen molar-refractivity contribution in [1.29, 1.82) is 0 Å². The van der Waals surface area contributed by atoms with E-state index in [1.165, 1.54) is 11.8 Å². The van der Waals surface area contributed by atoms with Crippen molar-refractivity contribution in [2.75, 3.05) is 6.79 Å². The Labute approximate surface area is 170 Å². The molecule has 1 saturated heterocycles. The number of ether oxygens (including phenoxy) is 2. The maximum Gasteiger partial charge on any atom is 0.242 e. The zero-order chi connectivity index (χ0) is 19.7. The molecule has 7 nitrogen and oxygen atoms in total. The van der Waals surface area contributed by atoms with Crippen molar-refractivity contribution < 1.29 is 19.1 Å². The van der Waals surface area contributed by atoms with Crippen molar-refractivity contribution >= 4 is 46.0 Å². The molecule has 1 atom stereocenters. The summed E-state index contributed by atoms with van der Waals surface area (Å²) in [6, 6.07) is 12.5. The Morgan fingerprint density at radius 2 is 1.96 bits per heavy atom. The maximum atomic E-state index is 12.9. The predicted molar refractivity (Wildman–Crippen MR) is 107 cm³/mol. The third-order valence-electron chi connectivity index (χ3n) is 4.24. The molecule has 1 unspecified atom stereocenters. The quantitative estimate of drug-likeness (QED) is 0.806. The minimum absolute atomic E-state index is 0.0409. The van der Waals surface area contributed by atoms with E-state index in [2.05, 4.69) is 4.99 Å². The normalized spacial score (nSPS) is 19.5. The topological polar surface area (TPSA) is 94.2 Å². The summed E-state index contributed by atoms with van der Waals surface area (Å²) in [7, 11) is 0. The number of benzene rings is 2. The molecule has 1 fully saturated rings. The van der Waals surface area contributed by atoms with Gasteiger partial charge >= 0.3 is 0 Å². The monoisotopic (exact) mass is 417 g/mol. The van der Waals surface area contributed by atoms with Gasteiger partial charge in [0.25, 0.3) is 0 Å². The summed E-state index contributed by atoms with van der Waals surface area (Å²) in [4.78, 5) is 30.4. The lowest BCUT2D eigenvalue weighted by Crippen LogP contribution is -2.33. The standard InChI is InChI=1S/C19H16ClN3O4S/c20-12-2-4-13(5-3-12)22-19-23(18(25)16(28-19)8-17(21)24)9-11-1-6-14-15(7-11)27-10-26-14/h1-7,16H,8-10H2,(H2,21,24). The number of hydrogen-bond donors (Lipinski definition) is 1. The summed E-state index contributed by atoms with van der Waals surface area (Å²) in [5.41, 5.74) is 6.83. The van der Waals surface area contributed by atoms with Crippen LogP contribution in [-0.4, -0.2) is 33.9 Å². The maximum absolute atomic E-state index is 12.9. The second kappa shape index (κ2) is 7.73. The molecule has 0 bridgehead atoms. The van der Waals surface area contributed by atoms with Gasteiger partial charge in [0, 0.05) is 11.4 Å². The fraction of sp³-hybridized carbons (Fsp3) is 0.211. The number of nitrogens with two attached hydrogens (primary N) is 1. The Morgan fingerprint density at radius 1 is 1.21 bits per heavy atom. The lowest BCUT2D eigenvalue weighted by Gasteiger charge is -2.17. The smallest absolute Gasteiger partial charge is 0.242 e. The molecule has 2 aliphatic rings. The predicted octanol–water partition coefficient (Wildman–Crippen LogP) is 3.08. The van der Waals surface area contributed by atoms with Gasteiger partial charge in [-0.3, -0.25) is 14.5 Å². The minimum atomic E-state index is -0.586. The van der Waals surface area contributed by atoms with E-state index in [0.717, 1.165) is 5.56 Å². The number of nitrogens with zero attached hydrogens (tertiary/aromatic N) is 2. The van der Waals surface area contributed by atoms with Crippen LogP contribution in [0.25, 0.3) is 0 Å². The molecular formula is C19H16ClN3O4S. The van der Waals surface area contributed by atoms with E-state index >= 15 is 0 Å². The van der Waals surface area contributed by atoms with Crippen LogP contribution in [0.15, 0.2) is 47.5 Å². The fourth-order valence-electron chi connectivity index (χ4n) is 2.90. The summed E-state index contributed by atoms with van der Waals surface area (Å²) >= 11 is 7.16. The van der Waals surface area contributed by atoms with Crippen LogP contribution in [0.4, 0.5) is 5.69 Å². The van der Waals surface area contributed by atoms with Crippen LogP contribution in [0.3, 0.4) is 0 Å². The number of carbonyl (C=O) groups is 2. The molecule has 0 aliphatic carbocycles. The number of amidine groups is 1. The highest BCUT2D eigenvalue weighted by Crippen LogP contribution is 2.36. The Hall–Kier alpha value is -2.71. The molecule has 2 aromatic rings. The highest BCUT2D eigenvalue weighted by Gasteiger charge is 2.39. The van der Waals surface area contributed by atoms with E-state index in [-0.39, 0.29) is 19.1 Å². The summed E-state index contributed by atoms with van der Waals surface area (Å²) in [5, 5.41) is 0.525. The summed E-state index contributed by atoms with van der Waals surface area (Å²) in [6.07, 6.45) is -0.0409. The van der Waals surface area contributed by atoms with E-state index in [0.29, 0.717) is 33.9 Å². The molecule has 0 aromatic heterocycles. The van der Waals surface area contributed by atoms with Crippen molar-refractivity contribution in [3.05, 3.63) is 53.1 Å². The number of amides is 2. The van der Waals surface area contributed by atoms with Crippen molar-refractivity contribution in [3.63, 3.8) is 0 Å². The van der Waals surface area contributed by atoms with Crippen LogP contribution in [0, 0.1) is 0 Å². The molecule has 2 aromatic carbocycles. The lowest BCUT2D eigenvalue weighted by atomic mass is 10.2. The largest absolute Gasteiger partial charge is 0.454 e. The van der Waals surface area contributed by atoms with Crippen LogP contribution >= 0.6 is 23.4 Å². The highest BCUT2D eigenvalue weighted by atomic mass is 35.5. The summed E-state index contributed by atoms with van der Waals surface area (Å²) in [6.45, 7) is 0.478. The molecule has 0 saturated carbocycles. The molecule has 0 radical (unpaired) electrons. The van der Waals surface area contributed by atoms with E-state index < -0.39 is 11.2 Å². The van der Waals surface area contributed by atoms with E-state index in [4.69, 9.17) is 26.8 Å². The van der Waals surface area contributed by atoms with Gasteiger partial charge in [-0.25, -0.2) is 4.99 Å². The zero-order valence-electron chi connectivity index (χ0n) is 14.6.